The van der Waals surface area contributed by atoms with Gasteiger partial charge in [-0.15, -0.1) is 0 Å². The van der Waals surface area contributed by atoms with Crippen LogP contribution in [0.15, 0.2) is 83.8 Å². The van der Waals surface area contributed by atoms with Gasteiger partial charge in [0.15, 0.2) is 0 Å². The van der Waals surface area contributed by atoms with Crippen LogP contribution < -0.4 is 9.62 Å². The van der Waals surface area contributed by atoms with E-state index in [2.05, 4.69) is 5.32 Å². The van der Waals surface area contributed by atoms with E-state index in [0.29, 0.717) is 17.1 Å². The largest absolute Gasteiger partial charge is 0.355 e. The van der Waals surface area contributed by atoms with E-state index in [1.165, 1.54) is 47.4 Å². The maximum Gasteiger partial charge on any atom is 0.264 e. The molecule has 3 aromatic carbocycles. The smallest absolute Gasteiger partial charge is 0.264 e. The van der Waals surface area contributed by atoms with Gasteiger partial charge in [-0.3, -0.25) is 13.9 Å². The van der Waals surface area contributed by atoms with E-state index in [9.17, 15) is 22.4 Å². The SMILES string of the molecule is CCNC(=O)[C@@H](C)N(Cc1cccc(Cl)c1)C(=O)CN(c1ccccc1F)S(=O)(=O)c1ccccc1. The standard InChI is InChI=1S/C26H27ClFN3O4S/c1-3-29-26(33)19(2)30(17-20-10-9-11-21(27)16-20)25(32)18-31(24-15-8-7-14-23(24)28)36(34,35)22-12-5-4-6-13-22/h4-16,19H,3,17-18H2,1-2H3,(H,29,33)/t19-/m1/s1. The van der Waals surface area contributed by atoms with Gasteiger partial charge in [-0.1, -0.05) is 54.1 Å². The third-order valence-corrected chi connectivity index (χ3v) is 7.50. The Kier molecular flexibility index (Phi) is 9.06. The summed E-state index contributed by atoms with van der Waals surface area (Å²) in [6.07, 6.45) is 0. The first-order valence-corrected chi connectivity index (χ1v) is 13.1. The summed E-state index contributed by atoms with van der Waals surface area (Å²) in [5.74, 6) is -1.89. The molecule has 3 rings (SSSR count). The van der Waals surface area contributed by atoms with E-state index in [-0.39, 0.29) is 17.1 Å². The van der Waals surface area contributed by atoms with Crippen molar-refractivity contribution in [2.75, 3.05) is 17.4 Å². The van der Waals surface area contributed by atoms with Crippen LogP contribution >= 0.6 is 11.6 Å². The van der Waals surface area contributed by atoms with E-state index >= 15 is 0 Å². The average Bonchev–Trinajstić information content (AvgIpc) is 2.86. The molecule has 1 atom stereocenters. The number of para-hydroxylation sites is 1. The summed E-state index contributed by atoms with van der Waals surface area (Å²) in [6.45, 7) is 2.93. The second-order valence-electron chi connectivity index (χ2n) is 8.00. The van der Waals surface area contributed by atoms with Gasteiger partial charge in [0.25, 0.3) is 10.0 Å². The topological polar surface area (TPSA) is 86.8 Å². The number of carbonyl (C=O) groups excluding carboxylic acids is 2. The molecule has 0 fully saturated rings. The minimum Gasteiger partial charge on any atom is -0.355 e. The van der Waals surface area contributed by atoms with Crippen molar-refractivity contribution in [1.82, 2.24) is 10.2 Å². The zero-order valence-corrected chi connectivity index (χ0v) is 21.5. The molecule has 0 heterocycles. The highest BCUT2D eigenvalue weighted by Crippen LogP contribution is 2.27. The highest BCUT2D eigenvalue weighted by atomic mass is 35.5. The first kappa shape index (κ1) is 27.2. The quantitative estimate of drug-likeness (QED) is 0.424. The molecule has 1 N–H and O–H groups in total. The third kappa shape index (κ3) is 6.41. The number of anilines is 1. The number of benzene rings is 3. The molecule has 0 aromatic heterocycles. The predicted molar refractivity (Wildman–Crippen MR) is 138 cm³/mol. The number of rotatable bonds is 10. The Balaban J connectivity index is 2.03. The molecule has 190 valence electrons. The maximum absolute atomic E-state index is 14.8. The summed E-state index contributed by atoms with van der Waals surface area (Å²) >= 11 is 6.10. The number of hydrogen-bond acceptors (Lipinski definition) is 4. The van der Waals surface area contributed by atoms with E-state index in [1.54, 1.807) is 44.2 Å². The molecule has 3 aromatic rings. The van der Waals surface area contributed by atoms with E-state index in [4.69, 9.17) is 11.6 Å². The Hall–Kier alpha value is -3.43. The van der Waals surface area contributed by atoms with E-state index < -0.39 is 40.2 Å². The van der Waals surface area contributed by atoms with Gasteiger partial charge in [-0.05, 0) is 55.8 Å². The van der Waals surface area contributed by atoms with Crippen LogP contribution in [0, 0.1) is 5.82 Å². The van der Waals surface area contributed by atoms with Gasteiger partial charge in [0.05, 0.1) is 10.6 Å². The molecule has 0 saturated carbocycles. The minimum absolute atomic E-state index is 0.00576. The molecule has 0 unspecified atom stereocenters. The first-order chi connectivity index (χ1) is 17.1. The van der Waals surface area contributed by atoms with Gasteiger partial charge in [-0.25, -0.2) is 12.8 Å². The number of likely N-dealkylation sites (N-methyl/N-ethyl adjacent to an activating group) is 1. The molecule has 0 radical (unpaired) electrons. The normalized spacial score (nSPS) is 12.0. The molecule has 0 aliphatic carbocycles. The van der Waals surface area contributed by atoms with Crippen molar-refractivity contribution >= 4 is 39.1 Å². The second-order valence-corrected chi connectivity index (χ2v) is 10.3. The number of sulfonamides is 1. The summed E-state index contributed by atoms with van der Waals surface area (Å²) in [5.41, 5.74) is 0.374. The summed E-state index contributed by atoms with van der Waals surface area (Å²) in [4.78, 5) is 27.4. The predicted octanol–water partition coefficient (Wildman–Crippen LogP) is 4.23. The zero-order valence-electron chi connectivity index (χ0n) is 19.9. The lowest BCUT2D eigenvalue weighted by Gasteiger charge is -2.32. The van der Waals surface area contributed by atoms with Crippen LogP contribution in [0.2, 0.25) is 5.02 Å². The Morgan fingerprint density at radius 2 is 1.67 bits per heavy atom. The zero-order chi connectivity index (χ0) is 26.3. The molecule has 0 bridgehead atoms. The second kappa shape index (κ2) is 12.0. The van der Waals surface area contributed by atoms with Crippen LogP contribution in [-0.2, 0) is 26.2 Å². The van der Waals surface area contributed by atoms with Gasteiger partial charge in [-0.2, -0.15) is 0 Å². The molecular weight excluding hydrogens is 505 g/mol. The summed E-state index contributed by atoms with van der Waals surface area (Å²) < 4.78 is 42.6. The lowest BCUT2D eigenvalue weighted by atomic mass is 10.1. The summed E-state index contributed by atoms with van der Waals surface area (Å²) in [6, 6.07) is 18.6. The van der Waals surface area contributed by atoms with Crippen molar-refractivity contribution in [2.45, 2.75) is 31.3 Å². The molecule has 0 aliphatic heterocycles. The molecule has 36 heavy (non-hydrogen) atoms. The van der Waals surface area contributed by atoms with Crippen molar-refractivity contribution in [3.63, 3.8) is 0 Å². The van der Waals surface area contributed by atoms with Gasteiger partial charge in [0.2, 0.25) is 11.8 Å². The highest BCUT2D eigenvalue weighted by molar-refractivity contribution is 7.92. The van der Waals surface area contributed by atoms with Crippen LogP contribution in [0.5, 0.6) is 0 Å². The highest BCUT2D eigenvalue weighted by Gasteiger charge is 2.33. The fourth-order valence-electron chi connectivity index (χ4n) is 3.62. The van der Waals surface area contributed by atoms with Gasteiger partial charge >= 0.3 is 0 Å². The van der Waals surface area contributed by atoms with Crippen LogP contribution in [0.3, 0.4) is 0 Å². The number of halogens is 2. The average molecular weight is 532 g/mol. The summed E-state index contributed by atoms with van der Waals surface area (Å²) in [7, 11) is -4.32. The molecule has 0 spiro atoms. The molecule has 10 heteroatoms. The summed E-state index contributed by atoms with van der Waals surface area (Å²) in [5, 5.41) is 3.13. The van der Waals surface area contributed by atoms with Crippen LogP contribution in [0.1, 0.15) is 19.4 Å². The number of carbonyl (C=O) groups is 2. The van der Waals surface area contributed by atoms with E-state index in [0.717, 1.165) is 10.4 Å². The minimum atomic E-state index is -4.32. The number of hydrogen-bond donors (Lipinski definition) is 1. The Morgan fingerprint density at radius 1 is 1.00 bits per heavy atom. The monoisotopic (exact) mass is 531 g/mol. The maximum atomic E-state index is 14.8. The van der Waals surface area contributed by atoms with Crippen molar-refractivity contribution in [3.05, 3.63) is 95.3 Å². The van der Waals surface area contributed by atoms with Crippen molar-refractivity contribution in [1.29, 1.82) is 0 Å². The molecular formula is C26H27ClFN3O4S. The third-order valence-electron chi connectivity index (χ3n) is 5.49. The van der Waals surface area contributed by atoms with Gasteiger partial charge in [0, 0.05) is 18.1 Å². The van der Waals surface area contributed by atoms with Crippen molar-refractivity contribution in [2.24, 2.45) is 0 Å². The Morgan fingerprint density at radius 3 is 2.31 bits per heavy atom. The van der Waals surface area contributed by atoms with E-state index in [1.807, 2.05) is 0 Å². The molecule has 7 nitrogen and oxygen atoms in total. The first-order valence-electron chi connectivity index (χ1n) is 11.3. The van der Waals surface area contributed by atoms with Crippen LogP contribution in [0.25, 0.3) is 0 Å². The fraction of sp³-hybridized carbons (Fsp3) is 0.231. The molecule has 0 saturated heterocycles. The van der Waals surface area contributed by atoms with Crippen molar-refractivity contribution in [3.8, 4) is 0 Å². The Labute approximate surface area is 215 Å². The van der Waals surface area contributed by atoms with Crippen molar-refractivity contribution < 1.29 is 22.4 Å². The molecule has 2 amide bonds. The number of amides is 2. The van der Waals surface area contributed by atoms with Gasteiger partial charge in [0.1, 0.15) is 18.4 Å². The number of nitrogens with zero attached hydrogens (tertiary/aromatic N) is 2. The Bertz CT molecular complexity index is 1320. The van der Waals surface area contributed by atoms with Crippen LogP contribution in [0.4, 0.5) is 10.1 Å². The van der Waals surface area contributed by atoms with Crippen LogP contribution in [-0.4, -0.2) is 44.3 Å². The fourth-order valence-corrected chi connectivity index (χ4v) is 5.28. The number of nitrogens with one attached hydrogen (secondary N) is 1. The lowest BCUT2D eigenvalue weighted by molar-refractivity contribution is -0.139. The lowest BCUT2D eigenvalue weighted by Crippen LogP contribution is -2.51. The van der Waals surface area contributed by atoms with Gasteiger partial charge < -0.3 is 10.2 Å². The molecule has 0 aliphatic rings.